The molecule has 5 nitrogen and oxygen atoms in total. The average molecular weight is 340 g/mol. The van der Waals surface area contributed by atoms with Crippen LogP contribution in [-0.4, -0.2) is 36.1 Å². The summed E-state index contributed by atoms with van der Waals surface area (Å²) >= 11 is 0. The SMILES string of the molecule is CC(C)C(O)CCNC(=O)C1CCN(c2cc(F)cc(F)c2)C1=O. The van der Waals surface area contributed by atoms with Crippen molar-refractivity contribution in [2.24, 2.45) is 11.8 Å². The van der Waals surface area contributed by atoms with Crippen molar-refractivity contribution in [3.63, 3.8) is 0 Å². The molecule has 2 atom stereocenters. The zero-order valence-corrected chi connectivity index (χ0v) is 13.8. The fraction of sp³-hybridized carbons (Fsp3) is 0.529. The van der Waals surface area contributed by atoms with E-state index in [1.165, 1.54) is 4.90 Å². The van der Waals surface area contributed by atoms with Crippen molar-refractivity contribution in [1.29, 1.82) is 0 Å². The molecule has 1 fully saturated rings. The van der Waals surface area contributed by atoms with E-state index in [-0.39, 0.29) is 31.1 Å². The molecule has 0 spiro atoms. The van der Waals surface area contributed by atoms with E-state index in [9.17, 15) is 23.5 Å². The number of amides is 2. The number of nitrogens with zero attached hydrogens (tertiary/aromatic N) is 1. The lowest BCUT2D eigenvalue weighted by atomic mass is 10.0. The summed E-state index contributed by atoms with van der Waals surface area (Å²) in [4.78, 5) is 25.7. The summed E-state index contributed by atoms with van der Waals surface area (Å²) in [6.07, 6.45) is 0.176. The number of benzene rings is 1. The van der Waals surface area contributed by atoms with Crippen LogP contribution in [0.3, 0.4) is 0 Å². The molecule has 0 saturated carbocycles. The zero-order valence-electron chi connectivity index (χ0n) is 13.8. The topological polar surface area (TPSA) is 69.6 Å². The van der Waals surface area contributed by atoms with Crippen molar-refractivity contribution >= 4 is 17.5 Å². The molecule has 0 aliphatic carbocycles. The Hall–Kier alpha value is -2.02. The van der Waals surface area contributed by atoms with Crippen LogP contribution in [0.15, 0.2) is 18.2 Å². The number of carbonyl (C=O) groups is 2. The normalized spacial score (nSPS) is 19.0. The summed E-state index contributed by atoms with van der Waals surface area (Å²) in [5, 5.41) is 12.3. The van der Waals surface area contributed by atoms with Crippen LogP contribution in [0.25, 0.3) is 0 Å². The third-order valence-electron chi connectivity index (χ3n) is 4.19. The minimum Gasteiger partial charge on any atom is -0.393 e. The van der Waals surface area contributed by atoms with Gasteiger partial charge in [0.2, 0.25) is 11.8 Å². The maximum atomic E-state index is 13.3. The predicted molar refractivity (Wildman–Crippen MR) is 85.3 cm³/mol. The largest absolute Gasteiger partial charge is 0.393 e. The second-order valence-corrected chi connectivity index (χ2v) is 6.35. The van der Waals surface area contributed by atoms with Crippen molar-refractivity contribution in [3.05, 3.63) is 29.8 Å². The van der Waals surface area contributed by atoms with Crippen LogP contribution >= 0.6 is 0 Å². The number of carbonyl (C=O) groups excluding carboxylic acids is 2. The Balaban J connectivity index is 1.94. The number of aliphatic hydroxyl groups is 1. The van der Waals surface area contributed by atoms with Gasteiger partial charge in [-0.15, -0.1) is 0 Å². The molecular weight excluding hydrogens is 318 g/mol. The molecule has 24 heavy (non-hydrogen) atoms. The number of rotatable bonds is 6. The summed E-state index contributed by atoms with van der Waals surface area (Å²) in [6.45, 7) is 4.26. The minimum absolute atomic E-state index is 0.0911. The van der Waals surface area contributed by atoms with Crippen molar-refractivity contribution in [2.45, 2.75) is 32.8 Å². The highest BCUT2D eigenvalue weighted by atomic mass is 19.1. The van der Waals surface area contributed by atoms with Crippen LogP contribution in [0.5, 0.6) is 0 Å². The van der Waals surface area contributed by atoms with Gasteiger partial charge in [-0.1, -0.05) is 13.8 Å². The summed E-state index contributed by atoms with van der Waals surface area (Å²) in [5.74, 6) is -3.21. The minimum atomic E-state index is -0.868. The molecule has 1 heterocycles. The first-order valence-electron chi connectivity index (χ1n) is 8.03. The Morgan fingerprint density at radius 1 is 1.33 bits per heavy atom. The Morgan fingerprint density at radius 2 is 1.96 bits per heavy atom. The Morgan fingerprint density at radius 3 is 2.54 bits per heavy atom. The van der Waals surface area contributed by atoms with Crippen LogP contribution in [-0.2, 0) is 9.59 Å². The summed E-state index contributed by atoms with van der Waals surface area (Å²) in [5.41, 5.74) is 0.114. The molecule has 2 amide bonds. The highest BCUT2D eigenvalue weighted by Gasteiger charge is 2.37. The fourth-order valence-corrected chi connectivity index (χ4v) is 2.67. The van der Waals surface area contributed by atoms with Crippen LogP contribution in [0.1, 0.15) is 26.7 Å². The molecule has 1 saturated heterocycles. The number of halogens is 2. The summed E-state index contributed by atoms with van der Waals surface area (Å²) < 4.78 is 26.6. The van der Waals surface area contributed by atoms with Crippen LogP contribution in [0.4, 0.5) is 14.5 Å². The summed E-state index contributed by atoms with van der Waals surface area (Å²) in [6, 6.07) is 2.87. The van der Waals surface area contributed by atoms with E-state index < -0.39 is 35.5 Å². The fourth-order valence-electron chi connectivity index (χ4n) is 2.67. The van der Waals surface area contributed by atoms with E-state index in [4.69, 9.17) is 0 Å². The highest BCUT2D eigenvalue weighted by Crippen LogP contribution is 2.26. The molecule has 0 radical (unpaired) electrons. The summed E-state index contributed by atoms with van der Waals surface area (Å²) in [7, 11) is 0. The molecule has 132 valence electrons. The van der Waals surface area contributed by atoms with Gasteiger partial charge in [-0.3, -0.25) is 9.59 Å². The number of anilines is 1. The smallest absolute Gasteiger partial charge is 0.239 e. The molecule has 1 aliphatic rings. The van der Waals surface area contributed by atoms with Gasteiger partial charge in [0.05, 0.1) is 6.10 Å². The highest BCUT2D eigenvalue weighted by molar-refractivity contribution is 6.09. The second kappa shape index (κ2) is 7.70. The van der Waals surface area contributed by atoms with Crippen molar-refractivity contribution < 1.29 is 23.5 Å². The van der Waals surface area contributed by atoms with Crippen LogP contribution in [0.2, 0.25) is 0 Å². The van der Waals surface area contributed by atoms with E-state index in [1.54, 1.807) is 0 Å². The maximum absolute atomic E-state index is 13.3. The number of aliphatic hydroxyl groups excluding tert-OH is 1. The molecule has 0 bridgehead atoms. The molecule has 2 N–H and O–H groups in total. The van der Waals surface area contributed by atoms with Gasteiger partial charge in [-0.25, -0.2) is 8.78 Å². The zero-order chi connectivity index (χ0) is 17.9. The first-order valence-corrected chi connectivity index (χ1v) is 8.03. The Labute approximate surface area is 139 Å². The molecule has 0 aromatic heterocycles. The van der Waals surface area contributed by atoms with Crippen molar-refractivity contribution in [2.75, 3.05) is 18.0 Å². The van der Waals surface area contributed by atoms with Gasteiger partial charge in [0.25, 0.3) is 0 Å². The van der Waals surface area contributed by atoms with E-state index in [0.717, 1.165) is 18.2 Å². The quantitative estimate of drug-likeness (QED) is 0.777. The van der Waals surface area contributed by atoms with Crippen molar-refractivity contribution in [3.8, 4) is 0 Å². The molecule has 1 aliphatic heterocycles. The molecular formula is C17H22F2N2O3. The van der Waals surface area contributed by atoms with E-state index >= 15 is 0 Å². The average Bonchev–Trinajstić information content (AvgIpc) is 2.87. The number of hydrogen-bond donors (Lipinski definition) is 2. The van der Waals surface area contributed by atoms with Gasteiger partial charge in [0, 0.05) is 24.8 Å². The molecule has 1 aromatic carbocycles. The van der Waals surface area contributed by atoms with E-state index in [0.29, 0.717) is 6.42 Å². The van der Waals surface area contributed by atoms with Gasteiger partial charge in [0.15, 0.2) is 0 Å². The monoisotopic (exact) mass is 340 g/mol. The number of hydrogen-bond acceptors (Lipinski definition) is 3. The lowest BCUT2D eigenvalue weighted by Gasteiger charge is -2.18. The lowest BCUT2D eigenvalue weighted by Crippen LogP contribution is -2.38. The first-order chi connectivity index (χ1) is 11.3. The Bertz CT molecular complexity index is 602. The van der Waals surface area contributed by atoms with Crippen LogP contribution in [0, 0.1) is 23.5 Å². The number of nitrogens with one attached hydrogen (secondary N) is 1. The van der Waals surface area contributed by atoms with Gasteiger partial charge in [-0.05, 0) is 30.9 Å². The third-order valence-corrected chi connectivity index (χ3v) is 4.19. The molecule has 2 unspecified atom stereocenters. The standard InChI is InChI=1S/C17H22F2N2O3/c1-10(2)15(22)3-5-20-16(23)14-4-6-21(17(14)24)13-8-11(18)7-12(19)9-13/h7-10,14-15,22H,3-6H2,1-2H3,(H,20,23). The van der Waals surface area contributed by atoms with Gasteiger partial charge < -0.3 is 15.3 Å². The molecule has 1 aromatic rings. The van der Waals surface area contributed by atoms with Crippen LogP contribution < -0.4 is 10.2 Å². The predicted octanol–water partition coefficient (Wildman–Crippen LogP) is 1.84. The van der Waals surface area contributed by atoms with E-state index in [1.807, 2.05) is 13.8 Å². The van der Waals surface area contributed by atoms with Gasteiger partial charge >= 0.3 is 0 Å². The van der Waals surface area contributed by atoms with Gasteiger partial charge in [-0.2, -0.15) is 0 Å². The second-order valence-electron chi connectivity index (χ2n) is 6.35. The Kier molecular flexibility index (Phi) is 5.88. The maximum Gasteiger partial charge on any atom is 0.239 e. The van der Waals surface area contributed by atoms with E-state index in [2.05, 4.69) is 5.32 Å². The first kappa shape index (κ1) is 18.3. The van der Waals surface area contributed by atoms with Gasteiger partial charge in [0.1, 0.15) is 17.6 Å². The lowest BCUT2D eigenvalue weighted by molar-refractivity contribution is -0.132. The van der Waals surface area contributed by atoms with Crippen molar-refractivity contribution in [1.82, 2.24) is 5.32 Å². The molecule has 2 rings (SSSR count). The third kappa shape index (κ3) is 4.29. The molecule has 7 heteroatoms.